The number of nitrogens with one attached hydrogen (secondary N) is 1. The van der Waals surface area contributed by atoms with Crippen molar-refractivity contribution in [3.8, 4) is 0 Å². The molecule has 1 unspecified atom stereocenters. The first-order valence-electron chi connectivity index (χ1n) is 7.93. The fraction of sp³-hybridized carbons (Fsp3) is 0.647. The number of benzene rings is 1. The molecule has 1 aromatic rings. The standard InChI is InChI=1S/C17H29NO3/c1-3-5-10-20-11-12-21-14-16(19)13-18-17-9-7-6-8-15(17)4-2/h6-9,16,18-19H,3-5,10-14H2,1-2H3. The Morgan fingerprint density at radius 3 is 2.62 bits per heavy atom. The highest BCUT2D eigenvalue weighted by Crippen LogP contribution is 2.15. The lowest BCUT2D eigenvalue weighted by molar-refractivity contribution is 0.00749. The Morgan fingerprint density at radius 1 is 1.10 bits per heavy atom. The summed E-state index contributed by atoms with van der Waals surface area (Å²) in [6.07, 6.45) is 2.70. The third kappa shape index (κ3) is 8.05. The van der Waals surface area contributed by atoms with Crippen molar-refractivity contribution in [2.24, 2.45) is 0 Å². The van der Waals surface area contributed by atoms with Crippen LogP contribution in [0.4, 0.5) is 5.69 Å². The lowest BCUT2D eigenvalue weighted by atomic mass is 10.1. The Labute approximate surface area is 128 Å². The number of unbranched alkanes of at least 4 members (excludes halogenated alkanes) is 1. The van der Waals surface area contributed by atoms with Gasteiger partial charge >= 0.3 is 0 Å². The zero-order valence-corrected chi connectivity index (χ0v) is 13.3. The number of rotatable bonds is 12. The van der Waals surface area contributed by atoms with Crippen molar-refractivity contribution in [1.29, 1.82) is 0 Å². The molecule has 0 saturated heterocycles. The smallest absolute Gasteiger partial charge is 0.0945 e. The van der Waals surface area contributed by atoms with Gasteiger partial charge in [-0.15, -0.1) is 0 Å². The van der Waals surface area contributed by atoms with Gasteiger partial charge in [0.25, 0.3) is 0 Å². The molecule has 0 amide bonds. The Morgan fingerprint density at radius 2 is 1.86 bits per heavy atom. The molecule has 1 rings (SSSR count). The maximum atomic E-state index is 9.89. The van der Waals surface area contributed by atoms with Gasteiger partial charge in [-0.3, -0.25) is 0 Å². The number of para-hydroxylation sites is 1. The largest absolute Gasteiger partial charge is 0.389 e. The average Bonchev–Trinajstić information content (AvgIpc) is 2.52. The summed E-state index contributed by atoms with van der Waals surface area (Å²) in [6, 6.07) is 8.16. The van der Waals surface area contributed by atoms with E-state index in [2.05, 4.69) is 25.2 Å². The molecule has 0 aliphatic carbocycles. The minimum atomic E-state index is -0.509. The Bertz CT molecular complexity index is 371. The molecule has 2 N–H and O–H groups in total. The van der Waals surface area contributed by atoms with Crippen LogP contribution in [0.25, 0.3) is 0 Å². The van der Waals surface area contributed by atoms with E-state index in [9.17, 15) is 5.11 Å². The lowest BCUT2D eigenvalue weighted by Gasteiger charge is -2.15. The molecule has 0 fully saturated rings. The second kappa shape index (κ2) is 11.5. The molecule has 0 saturated carbocycles. The van der Waals surface area contributed by atoms with Gasteiger partial charge in [-0.2, -0.15) is 0 Å². The maximum absolute atomic E-state index is 9.89. The normalized spacial score (nSPS) is 12.3. The van der Waals surface area contributed by atoms with Crippen molar-refractivity contribution in [3.63, 3.8) is 0 Å². The van der Waals surface area contributed by atoms with Gasteiger partial charge < -0.3 is 19.9 Å². The summed E-state index contributed by atoms with van der Waals surface area (Å²) in [5.74, 6) is 0. The van der Waals surface area contributed by atoms with E-state index in [4.69, 9.17) is 9.47 Å². The number of ether oxygens (including phenoxy) is 2. The highest BCUT2D eigenvalue weighted by Gasteiger charge is 2.05. The number of hydrogen-bond donors (Lipinski definition) is 2. The summed E-state index contributed by atoms with van der Waals surface area (Å²) in [5, 5.41) is 13.2. The van der Waals surface area contributed by atoms with E-state index in [1.54, 1.807) is 0 Å². The van der Waals surface area contributed by atoms with Gasteiger partial charge in [0.1, 0.15) is 0 Å². The second-order valence-electron chi connectivity index (χ2n) is 5.09. The third-order valence-electron chi connectivity index (χ3n) is 3.25. The maximum Gasteiger partial charge on any atom is 0.0945 e. The van der Waals surface area contributed by atoms with Crippen molar-refractivity contribution in [3.05, 3.63) is 29.8 Å². The molecule has 4 heteroatoms. The highest BCUT2D eigenvalue weighted by molar-refractivity contribution is 5.51. The SMILES string of the molecule is CCCCOCCOCC(O)CNc1ccccc1CC. The molecule has 120 valence electrons. The van der Waals surface area contributed by atoms with Crippen LogP contribution in [0.15, 0.2) is 24.3 Å². The van der Waals surface area contributed by atoms with Crippen LogP contribution in [0.5, 0.6) is 0 Å². The van der Waals surface area contributed by atoms with Crippen molar-refractivity contribution in [2.45, 2.75) is 39.2 Å². The molecule has 0 heterocycles. The summed E-state index contributed by atoms with van der Waals surface area (Å²) in [4.78, 5) is 0. The fourth-order valence-electron chi connectivity index (χ4n) is 1.97. The molecule has 0 spiro atoms. The molecule has 21 heavy (non-hydrogen) atoms. The minimum absolute atomic E-state index is 0.332. The summed E-state index contributed by atoms with van der Waals surface area (Å²) in [6.45, 7) is 7.01. The summed E-state index contributed by atoms with van der Waals surface area (Å²) in [7, 11) is 0. The monoisotopic (exact) mass is 295 g/mol. The van der Waals surface area contributed by atoms with Crippen LogP contribution in [0, 0.1) is 0 Å². The summed E-state index contributed by atoms with van der Waals surface area (Å²) >= 11 is 0. The molecule has 0 aromatic heterocycles. The summed E-state index contributed by atoms with van der Waals surface area (Å²) < 4.78 is 10.8. The first kappa shape index (κ1) is 18.0. The van der Waals surface area contributed by atoms with Crippen molar-refractivity contribution >= 4 is 5.69 Å². The third-order valence-corrected chi connectivity index (χ3v) is 3.25. The average molecular weight is 295 g/mol. The van der Waals surface area contributed by atoms with Crippen LogP contribution in [0.2, 0.25) is 0 Å². The first-order chi connectivity index (χ1) is 10.3. The fourth-order valence-corrected chi connectivity index (χ4v) is 1.97. The van der Waals surface area contributed by atoms with E-state index in [-0.39, 0.29) is 0 Å². The topological polar surface area (TPSA) is 50.7 Å². The van der Waals surface area contributed by atoms with Crippen LogP contribution in [0.3, 0.4) is 0 Å². The van der Waals surface area contributed by atoms with Crippen LogP contribution in [-0.4, -0.2) is 44.2 Å². The molecule has 1 aromatic carbocycles. The predicted octanol–water partition coefficient (Wildman–Crippen LogP) is 2.86. The molecule has 0 radical (unpaired) electrons. The molecule has 0 bridgehead atoms. The van der Waals surface area contributed by atoms with Gasteiger partial charge in [-0.05, 0) is 24.5 Å². The van der Waals surface area contributed by atoms with Crippen LogP contribution >= 0.6 is 0 Å². The van der Waals surface area contributed by atoms with Crippen molar-refractivity contribution < 1.29 is 14.6 Å². The number of aliphatic hydroxyl groups is 1. The zero-order chi connectivity index (χ0) is 15.3. The first-order valence-corrected chi connectivity index (χ1v) is 7.93. The number of hydrogen-bond acceptors (Lipinski definition) is 4. The van der Waals surface area contributed by atoms with Crippen LogP contribution in [0.1, 0.15) is 32.3 Å². The number of aliphatic hydroxyl groups excluding tert-OH is 1. The van der Waals surface area contributed by atoms with Crippen LogP contribution in [-0.2, 0) is 15.9 Å². The zero-order valence-electron chi connectivity index (χ0n) is 13.3. The van der Waals surface area contributed by atoms with Gasteiger partial charge in [-0.1, -0.05) is 38.5 Å². The van der Waals surface area contributed by atoms with Gasteiger partial charge in [0.2, 0.25) is 0 Å². The van der Waals surface area contributed by atoms with E-state index < -0.39 is 6.10 Å². The van der Waals surface area contributed by atoms with Gasteiger partial charge in [-0.25, -0.2) is 0 Å². The Balaban J connectivity index is 2.09. The molecule has 0 aliphatic rings. The van der Waals surface area contributed by atoms with Crippen molar-refractivity contribution in [2.75, 3.05) is 38.3 Å². The van der Waals surface area contributed by atoms with Gasteiger partial charge in [0.05, 0.1) is 25.9 Å². The lowest BCUT2D eigenvalue weighted by Crippen LogP contribution is -2.26. The summed E-state index contributed by atoms with van der Waals surface area (Å²) in [5.41, 5.74) is 2.34. The van der Waals surface area contributed by atoms with Gasteiger partial charge in [0, 0.05) is 18.8 Å². The molecular formula is C17H29NO3. The number of aryl methyl sites for hydroxylation is 1. The Hall–Kier alpha value is -1.10. The predicted molar refractivity (Wildman–Crippen MR) is 86.9 cm³/mol. The van der Waals surface area contributed by atoms with Crippen LogP contribution < -0.4 is 5.32 Å². The number of anilines is 1. The van der Waals surface area contributed by atoms with E-state index in [0.29, 0.717) is 26.4 Å². The molecule has 0 aliphatic heterocycles. The molecular weight excluding hydrogens is 266 g/mol. The van der Waals surface area contributed by atoms with Gasteiger partial charge in [0.15, 0.2) is 0 Å². The van der Waals surface area contributed by atoms with E-state index in [1.807, 2.05) is 18.2 Å². The molecule has 4 nitrogen and oxygen atoms in total. The van der Waals surface area contributed by atoms with E-state index >= 15 is 0 Å². The van der Waals surface area contributed by atoms with E-state index in [1.165, 1.54) is 5.56 Å². The minimum Gasteiger partial charge on any atom is -0.389 e. The quantitative estimate of drug-likeness (QED) is 0.582. The second-order valence-corrected chi connectivity index (χ2v) is 5.09. The molecule has 1 atom stereocenters. The van der Waals surface area contributed by atoms with Crippen molar-refractivity contribution in [1.82, 2.24) is 0 Å². The highest BCUT2D eigenvalue weighted by atomic mass is 16.5. The van der Waals surface area contributed by atoms with E-state index in [0.717, 1.165) is 31.6 Å². The Kier molecular flexibility index (Phi) is 9.87.